The van der Waals surface area contributed by atoms with Gasteiger partial charge in [0.25, 0.3) is 0 Å². The van der Waals surface area contributed by atoms with Gasteiger partial charge < -0.3 is 4.90 Å². The number of hydrogen-bond acceptors (Lipinski definition) is 4. The lowest BCUT2D eigenvalue weighted by Crippen LogP contribution is -2.42. The molecule has 0 bridgehead atoms. The number of hydrogen-bond donors (Lipinski definition) is 0. The Morgan fingerprint density at radius 3 is 2.83 bits per heavy atom. The van der Waals surface area contributed by atoms with Gasteiger partial charge in [-0.2, -0.15) is 0 Å². The van der Waals surface area contributed by atoms with Gasteiger partial charge in [0.05, 0.1) is 18.2 Å². The van der Waals surface area contributed by atoms with Gasteiger partial charge >= 0.3 is 0 Å². The molecule has 0 N–H and O–H groups in total. The van der Waals surface area contributed by atoms with Gasteiger partial charge in [-0.1, -0.05) is 12.1 Å². The Bertz CT molecular complexity index is 707. The lowest BCUT2D eigenvalue weighted by atomic mass is 9.98. The molecule has 0 radical (unpaired) electrons. The Hall–Kier alpha value is -1.47. The second-order valence-electron chi connectivity index (χ2n) is 6.53. The fourth-order valence-corrected chi connectivity index (χ4v) is 5.21. The molecular weight excluding hydrogens is 319 g/mol. The smallest absolute Gasteiger partial charge is 0.224 e. The first-order chi connectivity index (χ1) is 10.8. The van der Waals surface area contributed by atoms with Crippen LogP contribution in [0, 0.1) is 5.82 Å². The average molecular weight is 340 g/mol. The Morgan fingerprint density at radius 1 is 1.39 bits per heavy atom. The molecule has 0 aromatic heterocycles. The van der Waals surface area contributed by atoms with E-state index in [9.17, 15) is 17.6 Å². The molecule has 1 aromatic rings. The summed E-state index contributed by atoms with van der Waals surface area (Å²) in [6.07, 6.45) is 0.994. The molecule has 126 valence electrons. The SMILES string of the molecule is CN(CN1CC(c2cccc(F)c2)CC1=O)C1CCS(=O)(=O)C1. The summed E-state index contributed by atoms with van der Waals surface area (Å²) in [5, 5.41) is 0. The molecule has 0 aliphatic carbocycles. The van der Waals surface area contributed by atoms with E-state index in [4.69, 9.17) is 0 Å². The molecule has 2 fully saturated rings. The zero-order chi connectivity index (χ0) is 16.6. The summed E-state index contributed by atoms with van der Waals surface area (Å²) in [7, 11) is -1.08. The third-order valence-corrected chi connectivity index (χ3v) is 6.51. The second-order valence-corrected chi connectivity index (χ2v) is 8.76. The molecule has 3 rings (SSSR count). The number of amides is 1. The van der Waals surface area contributed by atoms with Crippen LogP contribution in [0.2, 0.25) is 0 Å². The van der Waals surface area contributed by atoms with Crippen LogP contribution < -0.4 is 0 Å². The lowest BCUT2D eigenvalue weighted by molar-refractivity contribution is -0.129. The van der Waals surface area contributed by atoms with Crippen LogP contribution in [0.5, 0.6) is 0 Å². The largest absolute Gasteiger partial charge is 0.329 e. The van der Waals surface area contributed by atoms with E-state index in [1.54, 1.807) is 11.0 Å². The van der Waals surface area contributed by atoms with Gasteiger partial charge in [-0.3, -0.25) is 9.69 Å². The predicted molar refractivity (Wildman–Crippen MR) is 85.2 cm³/mol. The first-order valence-electron chi connectivity index (χ1n) is 7.78. The molecular formula is C16H21FN2O3S. The maximum atomic E-state index is 13.3. The van der Waals surface area contributed by atoms with Gasteiger partial charge in [-0.15, -0.1) is 0 Å². The molecule has 2 unspecified atom stereocenters. The topological polar surface area (TPSA) is 57.7 Å². The Morgan fingerprint density at radius 2 is 2.17 bits per heavy atom. The van der Waals surface area contributed by atoms with Gasteiger partial charge in [0.2, 0.25) is 5.91 Å². The van der Waals surface area contributed by atoms with Crippen molar-refractivity contribution in [2.24, 2.45) is 0 Å². The van der Waals surface area contributed by atoms with Crippen LogP contribution >= 0.6 is 0 Å². The highest BCUT2D eigenvalue weighted by molar-refractivity contribution is 7.91. The van der Waals surface area contributed by atoms with Crippen LogP contribution in [0.1, 0.15) is 24.3 Å². The minimum atomic E-state index is -2.93. The Labute approximate surface area is 136 Å². The molecule has 0 saturated carbocycles. The summed E-state index contributed by atoms with van der Waals surface area (Å²) < 4.78 is 36.5. The first-order valence-corrected chi connectivity index (χ1v) is 9.60. The molecule has 23 heavy (non-hydrogen) atoms. The average Bonchev–Trinajstić information content (AvgIpc) is 3.02. The molecule has 0 spiro atoms. The van der Waals surface area contributed by atoms with E-state index in [0.717, 1.165) is 5.56 Å². The molecule has 7 heteroatoms. The molecule has 2 saturated heterocycles. The molecule has 2 heterocycles. The van der Waals surface area contributed by atoms with Crippen molar-refractivity contribution in [3.63, 3.8) is 0 Å². The summed E-state index contributed by atoms with van der Waals surface area (Å²) in [4.78, 5) is 15.9. The normalized spacial score (nSPS) is 27.1. The van der Waals surface area contributed by atoms with Crippen molar-refractivity contribution in [1.29, 1.82) is 0 Å². The van der Waals surface area contributed by atoms with E-state index >= 15 is 0 Å². The van der Waals surface area contributed by atoms with E-state index in [1.807, 2.05) is 18.0 Å². The number of benzene rings is 1. The second kappa shape index (κ2) is 6.20. The summed E-state index contributed by atoms with van der Waals surface area (Å²) in [5.41, 5.74) is 0.840. The molecule has 1 amide bonds. The molecule has 2 aliphatic heterocycles. The van der Waals surface area contributed by atoms with Gasteiger partial charge in [0.1, 0.15) is 5.82 Å². The molecule has 2 atom stereocenters. The molecule has 5 nitrogen and oxygen atoms in total. The molecule has 1 aromatic carbocycles. The van der Waals surface area contributed by atoms with Crippen LogP contribution in [0.4, 0.5) is 4.39 Å². The van der Waals surface area contributed by atoms with Crippen molar-refractivity contribution in [3.05, 3.63) is 35.6 Å². The fraction of sp³-hybridized carbons (Fsp3) is 0.562. The van der Waals surface area contributed by atoms with Crippen LogP contribution in [-0.4, -0.2) is 61.9 Å². The quantitative estimate of drug-likeness (QED) is 0.827. The predicted octanol–water partition coefficient (Wildman–Crippen LogP) is 1.22. The minimum Gasteiger partial charge on any atom is -0.329 e. The first kappa shape index (κ1) is 16.4. The number of likely N-dealkylation sites (tertiary alicyclic amines) is 1. The standard InChI is InChI=1S/C16H21FN2O3S/c1-18(15-5-6-23(21,22)10-15)11-19-9-13(8-16(19)20)12-3-2-4-14(17)7-12/h2-4,7,13,15H,5-6,8-11H2,1H3. The van der Waals surface area contributed by atoms with Crippen LogP contribution in [0.3, 0.4) is 0 Å². The fourth-order valence-electron chi connectivity index (χ4n) is 3.40. The third-order valence-electron chi connectivity index (χ3n) is 4.76. The minimum absolute atomic E-state index is 0.00101. The van der Waals surface area contributed by atoms with Gasteiger partial charge in [0.15, 0.2) is 9.84 Å². The summed E-state index contributed by atoms with van der Waals surface area (Å²) >= 11 is 0. The molecule has 2 aliphatic rings. The maximum absolute atomic E-state index is 13.3. The summed E-state index contributed by atoms with van der Waals surface area (Å²) in [6, 6.07) is 6.35. The van der Waals surface area contributed by atoms with Crippen LogP contribution in [-0.2, 0) is 14.6 Å². The highest BCUT2D eigenvalue weighted by atomic mass is 32.2. The number of rotatable bonds is 4. The van der Waals surface area contributed by atoms with E-state index < -0.39 is 9.84 Å². The number of carbonyl (C=O) groups excluding carboxylic acids is 1. The number of halogens is 1. The van der Waals surface area contributed by atoms with Gasteiger partial charge in [-0.25, -0.2) is 12.8 Å². The zero-order valence-corrected chi connectivity index (χ0v) is 13.9. The number of nitrogens with zero attached hydrogens (tertiary/aromatic N) is 2. The highest BCUT2D eigenvalue weighted by Gasteiger charge is 2.35. The number of sulfone groups is 1. The Balaban J connectivity index is 1.62. The lowest BCUT2D eigenvalue weighted by Gasteiger charge is -2.28. The van der Waals surface area contributed by atoms with Crippen molar-refractivity contribution < 1.29 is 17.6 Å². The van der Waals surface area contributed by atoms with Crippen molar-refractivity contribution in [2.75, 3.05) is 31.8 Å². The van der Waals surface area contributed by atoms with Gasteiger partial charge in [0, 0.05) is 24.9 Å². The van der Waals surface area contributed by atoms with E-state index in [-0.39, 0.29) is 35.2 Å². The maximum Gasteiger partial charge on any atom is 0.224 e. The summed E-state index contributed by atoms with van der Waals surface area (Å²) in [5.74, 6) is 0.133. The van der Waals surface area contributed by atoms with Crippen molar-refractivity contribution in [3.8, 4) is 0 Å². The monoisotopic (exact) mass is 340 g/mol. The van der Waals surface area contributed by atoms with Crippen molar-refractivity contribution in [1.82, 2.24) is 9.80 Å². The zero-order valence-electron chi connectivity index (χ0n) is 13.1. The third kappa shape index (κ3) is 3.72. The van der Waals surface area contributed by atoms with Crippen molar-refractivity contribution >= 4 is 15.7 Å². The van der Waals surface area contributed by atoms with Crippen molar-refractivity contribution in [2.45, 2.75) is 24.8 Å². The van der Waals surface area contributed by atoms with E-state index in [0.29, 0.717) is 26.1 Å². The number of carbonyl (C=O) groups is 1. The highest BCUT2D eigenvalue weighted by Crippen LogP contribution is 2.29. The Kier molecular flexibility index (Phi) is 4.42. The van der Waals surface area contributed by atoms with Crippen LogP contribution in [0.25, 0.3) is 0 Å². The van der Waals surface area contributed by atoms with E-state index in [1.165, 1.54) is 12.1 Å². The van der Waals surface area contributed by atoms with E-state index in [2.05, 4.69) is 0 Å². The summed E-state index contributed by atoms with van der Waals surface area (Å²) in [6.45, 7) is 0.969. The van der Waals surface area contributed by atoms with Crippen LogP contribution in [0.15, 0.2) is 24.3 Å². The van der Waals surface area contributed by atoms with Gasteiger partial charge in [-0.05, 0) is 31.2 Å².